The first kappa shape index (κ1) is 13.0. The number of ether oxygens (including phenoxy) is 1. The van der Waals surface area contributed by atoms with Crippen LogP contribution >= 0.6 is 0 Å². The normalized spacial score (nSPS) is 10.2. The van der Waals surface area contributed by atoms with Crippen LogP contribution in [0.15, 0.2) is 12.3 Å². The lowest BCUT2D eigenvalue weighted by atomic mass is 9.80. The van der Waals surface area contributed by atoms with Crippen molar-refractivity contribution in [3.63, 3.8) is 0 Å². The molecule has 4 nitrogen and oxygen atoms in total. The van der Waals surface area contributed by atoms with Crippen molar-refractivity contribution in [1.29, 1.82) is 0 Å². The molecule has 0 atom stereocenters. The summed E-state index contributed by atoms with van der Waals surface area (Å²) >= 11 is 0. The summed E-state index contributed by atoms with van der Waals surface area (Å²) in [5, 5.41) is 18.3. The first-order chi connectivity index (χ1) is 7.65. The topological polar surface area (TPSA) is 62.6 Å². The number of nitrogens with zero attached hydrogens (tertiary/aromatic N) is 1. The Hall–Kier alpha value is -1.07. The van der Waals surface area contributed by atoms with Crippen LogP contribution in [0.5, 0.6) is 5.88 Å². The van der Waals surface area contributed by atoms with Crippen LogP contribution in [0.4, 0.5) is 0 Å². The molecule has 0 fully saturated rings. The van der Waals surface area contributed by atoms with Gasteiger partial charge in [0.05, 0.1) is 6.61 Å². The Morgan fingerprint density at radius 1 is 1.38 bits per heavy atom. The van der Waals surface area contributed by atoms with Crippen LogP contribution in [-0.2, 0) is 0 Å². The fourth-order valence-electron chi connectivity index (χ4n) is 1.41. The number of pyridine rings is 1. The van der Waals surface area contributed by atoms with Gasteiger partial charge in [-0.05, 0) is 18.9 Å². The minimum atomic E-state index is -1.53. The highest BCUT2D eigenvalue weighted by Gasteiger charge is 2.18. The first-order valence-corrected chi connectivity index (χ1v) is 5.60. The second kappa shape index (κ2) is 6.50. The van der Waals surface area contributed by atoms with Crippen LogP contribution in [-0.4, -0.2) is 28.8 Å². The summed E-state index contributed by atoms with van der Waals surface area (Å²) in [5.74, 6) is 0.316. The molecule has 1 rings (SSSR count). The summed E-state index contributed by atoms with van der Waals surface area (Å²) in [6, 6.07) is 1.67. The highest BCUT2D eigenvalue weighted by atomic mass is 16.5. The third kappa shape index (κ3) is 3.83. The second-order valence-corrected chi connectivity index (χ2v) is 3.84. The van der Waals surface area contributed by atoms with E-state index in [2.05, 4.69) is 11.9 Å². The van der Waals surface area contributed by atoms with Gasteiger partial charge in [-0.3, -0.25) is 0 Å². The first-order valence-electron chi connectivity index (χ1n) is 5.60. The molecule has 1 heterocycles. The summed E-state index contributed by atoms with van der Waals surface area (Å²) in [6.45, 7) is 4.52. The maximum atomic E-state index is 9.17. The van der Waals surface area contributed by atoms with Crippen molar-refractivity contribution in [2.45, 2.75) is 33.1 Å². The van der Waals surface area contributed by atoms with Crippen LogP contribution in [0.25, 0.3) is 0 Å². The Balaban J connectivity index is 2.64. The highest BCUT2D eigenvalue weighted by molar-refractivity contribution is 6.59. The molecular formula is C11H18BNO3. The Kier molecular flexibility index (Phi) is 5.28. The van der Waals surface area contributed by atoms with Gasteiger partial charge in [0, 0.05) is 11.7 Å². The lowest BCUT2D eigenvalue weighted by Crippen LogP contribution is -2.32. The highest BCUT2D eigenvalue weighted by Crippen LogP contribution is 2.06. The molecule has 0 aliphatic carbocycles. The molecule has 0 aliphatic heterocycles. The van der Waals surface area contributed by atoms with E-state index in [4.69, 9.17) is 14.8 Å². The fraction of sp³-hybridized carbons (Fsp3) is 0.545. The average molecular weight is 223 g/mol. The Labute approximate surface area is 96.4 Å². The summed E-state index contributed by atoms with van der Waals surface area (Å²) in [5.41, 5.74) is 1.21. The van der Waals surface area contributed by atoms with Gasteiger partial charge in [-0.25, -0.2) is 4.98 Å². The van der Waals surface area contributed by atoms with E-state index in [9.17, 15) is 0 Å². The molecule has 1 aromatic rings. The predicted octanol–water partition coefficient (Wildman–Crippen LogP) is 0.639. The zero-order chi connectivity index (χ0) is 12.0. The van der Waals surface area contributed by atoms with E-state index in [1.54, 1.807) is 12.3 Å². The Bertz CT molecular complexity index is 331. The third-order valence-electron chi connectivity index (χ3n) is 2.28. The molecule has 1 aromatic heterocycles. The summed E-state index contributed by atoms with van der Waals surface area (Å²) in [4.78, 5) is 4.05. The Morgan fingerprint density at radius 3 is 2.75 bits per heavy atom. The average Bonchev–Trinajstić information content (AvgIpc) is 2.26. The van der Waals surface area contributed by atoms with Gasteiger partial charge in [-0.2, -0.15) is 0 Å². The van der Waals surface area contributed by atoms with Gasteiger partial charge in [-0.1, -0.05) is 25.8 Å². The molecule has 0 bridgehead atoms. The van der Waals surface area contributed by atoms with E-state index < -0.39 is 7.12 Å². The minimum Gasteiger partial charge on any atom is -0.478 e. The van der Waals surface area contributed by atoms with Crippen molar-refractivity contribution in [2.24, 2.45) is 0 Å². The Morgan fingerprint density at radius 2 is 2.12 bits per heavy atom. The molecular weight excluding hydrogens is 205 g/mol. The number of hydrogen-bond donors (Lipinski definition) is 2. The van der Waals surface area contributed by atoms with Crippen LogP contribution < -0.4 is 10.2 Å². The van der Waals surface area contributed by atoms with E-state index in [1.165, 1.54) is 0 Å². The van der Waals surface area contributed by atoms with Gasteiger partial charge in [0.15, 0.2) is 0 Å². The molecule has 0 spiro atoms. The molecule has 2 N–H and O–H groups in total. The van der Waals surface area contributed by atoms with Crippen LogP contribution in [0, 0.1) is 6.92 Å². The number of unbranched alkanes of at least 4 members (excludes halogenated alkanes) is 2. The van der Waals surface area contributed by atoms with Crippen molar-refractivity contribution in [2.75, 3.05) is 6.61 Å². The molecule has 5 heteroatoms. The van der Waals surface area contributed by atoms with Crippen LogP contribution in [0.2, 0.25) is 0 Å². The van der Waals surface area contributed by atoms with Crippen molar-refractivity contribution < 1.29 is 14.8 Å². The van der Waals surface area contributed by atoms with Crippen LogP contribution in [0.3, 0.4) is 0 Å². The standard InChI is InChI=1S/C11H18BNO3/c1-3-4-5-6-16-11-10(12(14)15)7-9(2)8-13-11/h7-8,14-15H,3-6H2,1-2H3. The molecule has 16 heavy (non-hydrogen) atoms. The molecule has 0 radical (unpaired) electrons. The van der Waals surface area contributed by atoms with Gasteiger partial charge >= 0.3 is 7.12 Å². The van der Waals surface area contributed by atoms with Gasteiger partial charge < -0.3 is 14.8 Å². The number of aryl methyl sites for hydroxylation is 1. The van der Waals surface area contributed by atoms with Gasteiger partial charge in [0.25, 0.3) is 0 Å². The lowest BCUT2D eigenvalue weighted by molar-refractivity contribution is 0.295. The summed E-state index contributed by atoms with van der Waals surface area (Å²) < 4.78 is 5.42. The largest absolute Gasteiger partial charge is 0.494 e. The minimum absolute atomic E-state index is 0.316. The molecule has 0 amide bonds. The SMILES string of the molecule is CCCCCOc1ncc(C)cc1B(O)O. The second-order valence-electron chi connectivity index (χ2n) is 3.84. The predicted molar refractivity (Wildman–Crippen MR) is 63.8 cm³/mol. The van der Waals surface area contributed by atoms with E-state index in [1.807, 2.05) is 6.92 Å². The molecule has 0 saturated heterocycles. The van der Waals surface area contributed by atoms with Crippen LogP contribution in [0.1, 0.15) is 31.7 Å². The monoisotopic (exact) mass is 223 g/mol. The van der Waals surface area contributed by atoms with Crippen molar-refractivity contribution in [3.8, 4) is 5.88 Å². The number of rotatable bonds is 6. The molecule has 0 unspecified atom stereocenters. The maximum Gasteiger partial charge on any atom is 0.494 e. The third-order valence-corrected chi connectivity index (χ3v) is 2.28. The van der Waals surface area contributed by atoms with Gasteiger partial charge in [0.2, 0.25) is 5.88 Å². The molecule has 0 aliphatic rings. The van der Waals surface area contributed by atoms with E-state index >= 15 is 0 Å². The zero-order valence-corrected chi connectivity index (χ0v) is 9.81. The quantitative estimate of drug-likeness (QED) is 0.548. The maximum absolute atomic E-state index is 9.17. The van der Waals surface area contributed by atoms with Gasteiger partial charge in [-0.15, -0.1) is 0 Å². The lowest BCUT2D eigenvalue weighted by Gasteiger charge is -2.10. The molecule has 0 aromatic carbocycles. The summed E-state index contributed by atoms with van der Waals surface area (Å²) in [6.07, 6.45) is 4.83. The van der Waals surface area contributed by atoms with E-state index in [0.29, 0.717) is 17.9 Å². The zero-order valence-electron chi connectivity index (χ0n) is 9.81. The smallest absolute Gasteiger partial charge is 0.478 e. The summed E-state index contributed by atoms with van der Waals surface area (Å²) in [7, 11) is -1.53. The van der Waals surface area contributed by atoms with Gasteiger partial charge in [0.1, 0.15) is 0 Å². The molecule has 0 saturated carbocycles. The molecule has 88 valence electrons. The van der Waals surface area contributed by atoms with Crippen molar-refractivity contribution in [1.82, 2.24) is 4.98 Å². The van der Waals surface area contributed by atoms with Crippen molar-refractivity contribution >= 4 is 12.6 Å². The van der Waals surface area contributed by atoms with E-state index in [0.717, 1.165) is 24.8 Å². The van der Waals surface area contributed by atoms with Crippen molar-refractivity contribution in [3.05, 3.63) is 17.8 Å². The number of aromatic nitrogens is 1. The van der Waals surface area contributed by atoms with E-state index in [-0.39, 0.29) is 0 Å². The fourth-order valence-corrected chi connectivity index (χ4v) is 1.41. The number of hydrogen-bond acceptors (Lipinski definition) is 4.